The summed E-state index contributed by atoms with van der Waals surface area (Å²) in [6, 6.07) is 3.55. The van der Waals surface area contributed by atoms with Gasteiger partial charge in [0.15, 0.2) is 8.68 Å². The zero-order valence-corrected chi connectivity index (χ0v) is 13.1. The summed E-state index contributed by atoms with van der Waals surface area (Å²) in [5.41, 5.74) is 0.414. The van der Waals surface area contributed by atoms with Gasteiger partial charge in [-0.3, -0.25) is 0 Å². The van der Waals surface area contributed by atoms with Gasteiger partial charge in [-0.2, -0.15) is 4.31 Å². The fraction of sp³-hybridized carbons (Fsp3) is 0.364. The Labute approximate surface area is 120 Å². The van der Waals surface area contributed by atoms with Crippen molar-refractivity contribution in [2.75, 3.05) is 7.05 Å². The van der Waals surface area contributed by atoms with Gasteiger partial charge < -0.3 is 4.42 Å². The molecule has 0 amide bonds. The third-order valence-electron chi connectivity index (χ3n) is 2.55. The van der Waals surface area contributed by atoms with Crippen molar-refractivity contribution in [2.45, 2.75) is 24.6 Å². The summed E-state index contributed by atoms with van der Waals surface area (Å²) in [6.45, 7) is 3.61. The SMILES string of the molecule is Cc1ccc(CN(C)S(=O)(=O)c2sc(Cl)nc2C)o1. The quantitative estimate of drug-likeness (QED) is 0.869. The van der Waals surface area contributed by atoms with E-state index in [0.29, 0.717) is 11.5 Å². The van der Waals surface area contributed by atoms with Crippen LogP contribution in [0.15, 0.2) is 20.8 Å². The summed E-state index contributed by atoms with van der Waals surface area (Å²) in [5.74, 6) is 1.34. The van der Waals surface area contributed by atoms with Gasteiger partial charge >= 0.3 is 0 Å². The molecule has 2 heterocycles. The molecule has 0 spiro atoms. The Morgan fingerprint density at radius 3 is 2.58 bits per heavy atom. The first kappa shape index (κ1) is 14.5. The number of rotatable bonds is 4. The predicted octanol–water partition coefficient (Wildman–Crippen LogP) is 2.83. The molecule has 0 saturated carbocycles. The first-order chi connectivity index (χ1) is 8.80. The molecule has 0 fully saturated rings. The van der Waals surface area contributed by atoms with Crippen LogP contribution in [0, 0.1) is 13.8 Å². The van der Waals surface area contributed by atoms with Gasteiger partial charge in [0.25, 0.3) is 10.0 Å². The average molecular weight is 321 g/mol. The fourth-order valence-corrected chi connectivity index (χ4v) is 4.67. The molecule has 19 heavy (non-hydrogen) atoms. The topological polar surface area (TPSA) is 63.4 Å². The molecule has 0 aliphatic heterocycles. The highest BCUT2D eigenvalue weighted by molar-refractivity contribution is 7.91. The van der Waals surface area contributed by atoms with E-state index in [0.717, 1.165) is 17.1 Å². The maximum absolute atomic E-state index is 12.4. The molecule has 0 N–H and O–H groups in total. The minimum atomic E-state index is -3.59. The Kier molecular flexibility index (Phi) is 4.00. The Balaban J connectivity index is 2.27. The lowest BCUT2D eigenvalue weighted by molar-refractivity contribution is 0.398. The van der Waals surface area contributed by atoms with E-state index in [-0.39, 0.29) is 15.2 Å². The normalized spacial score (nSPS) is 12.3. The molecule has 0 atom stereocenters. The number of furan rings is 1. The van der Waals surface area contributed by atoms with Crippen molar-refractivity contribution in [1.82, 2.24) is 9.29 Å². The van der Waals surface area contributed by atoms with E-state index in [4.69, 9.17) is 16.0 Å². The van der Waals surface area contributed by atoms with Gasteiger partial charge in [0, 0.05) is 7.05 Å². The minimum absolute atomic E-state index is 0.170. The summed E-state index contributed by atoms with van der Waals surface area (Å²) in [4.78, 5) is 3.93. The molecule has 0 aliphatic carbocycles. The summed E-state index contributed by atoms with van der Waals surface area (Å²) in [6.07, 6.45) is 0. The van der Waals surface area contributed by atoms with Crippen molar-refractivity contribution in [3.05, 3.63) is 33.8 Å². The maximum Gasteiger partial charge on any atom is 0.254 e. The number of thiazole rings is 1. The molecule has 5 nitrogen and oxygen atoms in total. The predicted molar refractivity (Wildman–Crippen MR) is 74.0 cm³/mol. The fourth-order valence-electron chi connectivity index (χ4n) is 1.61. The number of hydrogen-bond donors (Lipinski definition) is 0. The molecule has 0 bridgehead atoms. The van der Waals surface area contributed by atoms with Crippen LogP contribution >= 0.6 is 22.9 Å². The van der Waals surface area contributed by atoms with Crippen molar-refractivity contribution in [1.29, 1.82) is 0 Å². The maximum atomic E-state index is 12.4. The van der Waals surface area contributed by atoms with E-state index >= 15 is 0 Å². The Morgan fingerprint density at radius 2 is 2.11 bits per heavy atom. The van der Waals surface area contributed by atoms with Crippen LogP contribution in [0.2, 0.25) is 4.47 Å². The number of halogens is 1. The highest BCUT2D eigenvalue weighted by Crippen LogP contribution is 2.29. The second kappa shape index (κ2) is 5.24. The summed E-state index contributed by atoms with van der Waals surface area (Å²) in [7, 11) is -2.09. The molecule has 8 heteroatoms. The standard InChI is InChI=1S/C11H13ClN2O3S2/c1-7-4-5-9(17-7)6-14(3)19(15,16)10-8(2)13-11(12)18-10/h4-5H,6H2,1-3H3. The van der Waals surface area contributed by atoms with Gasteiger partial charge in [0.05, 0.1) is 12.2 Å². The van der Waals surface area contributed by atoms with Crippen molar-refractivity contribution in [3.8, 4) is 0 Å². The summed E-state index contributed by atoms with van der Waals surface area (Å²) < 4.78 is 31.7. The average Bonchev–Trinajstić information content (AvgIpc) is 2.85. The Bertz CT molecular complexity index is 691. The molecule has 2 aromatic heterocycles. The number of nitrogens with zero attached hydrogens (tertiary/aromatic N) is 2. The van der Waals surface area contributed by atoms with Gasteiger partial charge in [0.2, 0.25) is 0 Å². The molecule has 0 radical (unpaired) electrons. The van der Waals surface area contributed by atoms with E-state index in [1.165, 1.54) is 11.4 Å². The third-order valence-corrected chi connectivity index (χ3v) is 6.20. The molecule has 0 saturated heterocycles. The smallest absolute Gasteiger partial charge is 0.254 e. The molecule has 104 valence electrons. The molecule has 2 aromatic rings. The number of aromatic nitrogens is 1. The second-order valence-electron chi connectivity index (χ2n) is 4.11. The zero-order valence-electron chi connectivity index (χ0n) is 10.7. The molecule has 0 aromatic carbocycles. The van der Waals surface area contributed by atoms with Crippen LogP contribution in [-0.2, 0) is 16.6 Å². The number of sulfonamides is 1. The van der Waals surface area contributed by atoms with Crippen molar-refractivity contribution < 1.29 is 12.8 Å². The Hall–Kier alpha value is -0.890. The first-order valence-electron chi connectivity index (χ1n) is 5.45. The lowest BCUT2D eigenvalue weighted by Gasteiger charge is -2.14. The van der Waals surface area contributed by atoms with Crippen LogP contribution < -0.4 is 0 Å². The lowest BCUT2D eigenvalue weighted by atomic mass is 10.4. The van der Waals surface area contributed by atoms with Gasteiger partial charge in [-0.25, -0.2) is 13.4 Å². The van der Waals surface area contributed by atoms with Crippen LogP contribution in [0.3, 0.4) is 0 Å². The van der Waals surface area contributed by atoms with Gasteiger partial charge in [-0.05, 0) is 26.0 Å². The summed E-state index contributed by atoms with van der Waals surface area (Å²) in [5, 5.41) is 0. The van der Waals surface area contributed by atoms with Crippen LogP contribution in [0.1, 0.15) is 17.2 Å². The van der Waals surface area contributed by atoms with Gasteiger partial charge in [-0.15, -0.1) is 0 Å². The molecule has 2 rings (SSSR count). The van der Waals surface area contributed by atoms with Crippen LogP contribution in [0.5, 0.6) is 0 Å². The van der Waals surface area contributed by atoms with Crippen molar-refractivity contribution in [2.24, 2.45) is 0 Å². The first-order valence-corrected chi connectivity index (χ1v) is 8.08. The van der Waals surface area contributed by atoms with E-state index in [1.54, 1.807) is 19.1 Å². The largest absolute Gasteiger partial charge is 0.465 e. The Morgan fingerprint density at radius 1 is 1.42 bits per heavy atom. The minimum Gasteiger partial charge on any atom is -0.465 e. The van der Waals surface area contributed by atoms with E-state index in [9.17, 15) is 8.42 Å². The van der Waals surface area contributed by atoms with E-state index in [1.807, 2.05) is 6.92 Å². The van der Waals surface area contributed by atoms with Crippen LogP contribution in [0.25, 0.3) is 0 Å². The van der Waals surface area contributed by atoms with Crippen molar-refractivity contribution in [3.63, 3.8) is 0 Å². The molecule has 0 aliphatic rings. The van der Waals surface area contributed by atoms with Crippen LogP contribution in [-0.4, -0.2) is 24.8 Å². The van der Waals surface area contributed by atoms with Crippen LogP contribution in [0.4, 0.5) is 0 Å². The van der Waals surface area contributed by atoms with Gasteiger partial charge in [0.1, 0.15) is 11.5 Å². The lowest BCUT2D eigenvalue weighted by Crippen LogP contribution is -2.26. The van der Waals surface area contributed by atoms with E-state index < -0.39 is 10.0 Å². The third kappa shape index (κ3) is 3.00. The summed E-state index contributed by atoms with van der Waals surface area (Å²) >= 11 is 6.71. The van der Waals surface area contributed by atoms with Crippen molar-refractivity contribution >= 4 is 33.0 Å². The second-order valence-corrected chi connectivity index (χ2v) is 7.93. The zero-order chi connectivity index (χ0) is 14.2. The van der Waals surface area contributed by atoms with E-state index in [2.05, 4.69) is 4.98 Å². The monoisotopic (exact) mass is 320 g/mol. The highest BCUT2D eigenvalue weighted by atomic mass is 35.5. The molecular formula is C11H13ClN2O3S2. The number of aryl methyl sites for hydroxylation is 2. The van der Waals surface area contributed by atoms with Gasteiger partial charge in [-0.1, -0.05) is 22.9 Å². The number of hydrogen-bond acceptors (Lipinski definition) is 5. The molecule has 0 unspecified atom stereocenters. The molecular weight excluding hydrogens is 308 g/mol. The highest BCUT2D eigenvalue weighted by Gasteiger charge is 2.27.